The molecule has 1 atom stereocenters. The molecule has 0 radical (unpaired) electrons. The zero-order valence-electron chi connectivity index (χ0n) is 10.9. The van der Waals surface area contributed by atoms with Gasteiger partial charge in [-0.1, -0.05) is 25.0 Å². The summed E-state index contributed by atoms with van der Waals surface area (Å²) >= 11 is 0. The van der Waals surface area contributed by atoms with Crippen molar-refractivity contribution in [2.75, 3.05) is 6.54 Å². The average Bonchev–Trinajstić information content (AvgIpc) is 2.81. The fraction of sp³-hybridized carbons (Fsp3) is 0.692. The minimum absolute atomic E-state index is 0.394. The van der Waals surface area contributed by atoms with Gasteiger partial charge < -0.3 is 15.7 Å². The number of hydrogen-bond acceptors (Lipinski definition) is 2. The molecule has 1 aliphatic carbocycles. The molecule has 18 heavy (non-hydrogen) atoms. The van der Waals surface area contributed by atoms with Crippen LogP contribution in [0, 0.1) is 0 Å². The van der Waals surface area contributed by atoms with Crippen molar-refractivity contribution in [1.82, 2.24) is 10.6 Å². The van der Waals surface area contributed by atoms with E-state index in [2.05, 4.69) is 16.7 Å². The second-order valence-corrected chi connectivity index (χ2v) is 4.58. The minimum Gasteiger partial charge on any atom is -0.480 e. The molecule has 3 N–H and O–H groups in total. The van der Waals surface area contributed by atoms with Gasteiger partial charge in [0.05, 0.1) is 0 Å². The molecule has 102 valence electrons. The summed E-state index contributed by atoms with van der Waals surface area (Å²) in [7, 11) is 0. The first-order chi connectivity index (χ1) is 8.63. The highest BCUT2D eigenvalue weighted by Crippen LogP contribution is 2.19. The third-order valence-electron chi connectivity index (χ3n) is 3.05. The van der Waals surface area contributed by atoms with Gasteiger partial charge in [0.1, 0.15) is 6.04 Å². The molecule has 0 aromatic rings. The van der Waals surface area contributed by atoms with Crippen LogP contribution in [0.1, 0.15) is 45.4 Å². The average molecular weight is 254 g/mol. The van der Waals surface area contributed by atoms with Crippen molar-refractivity contribution >= 4 is 12.0 Å². The van der Waals surface area contributed by atoms with Crippen LogP contribution < -0.4 is 10.6 Å². The Morgan fingerprint density at radius 3 is 2.83 bits per heavy atom. The molecule has 0 unspecified atom stereocenters. The molecule has 0 saturated carbocycles. The predicted molar refractivity (Wildman–Crippen MR) is 69.4 cm³/mol. The lowest BCUT2D eigenvalue weighted by Crippen LogP contribution is -2.46. The number of nitrogens with one attached hydrogen (secondary N) is 2. The number of urea groups is 1. The molecule has 5 nitrogen and oxygen atoms in total. The van der Waals surface area contributed by atoms with Crippen LogP contribution in [-0.2, 0) is 4.79 Å². The molecule has 0 aromatic carbocycles. The number of aliphatic carboxylic acids is 1. The summed E-state index contributed by atoms with van der Waals surface area (Å²) < 4.78 is 0. The summed E-state index contributed by atoms with van der Waals surface area (Å²) in [5.41, 5.74) is 1.39. The Bertz CT molecular complexity index is 326. The van der Waals surface area contributed by atoms with E-state index in [9.17, 15) is 9.59 Å². The van der Waals surface area contributed by atoms with Gasteiger partial charge in [0.15, 0.2) is 0 Å². The fourth-order valence-corrected chi connectivity index (χ4v) is 2.06. The Labute approximate surface area is 108 Å². The van der Waals surface area contributed by atoms with E-state index >= 15 is 0 Å². The van der Waals surface area contributed by atoms with Gasteiger partial charge in [-0.05, 0) is 32.1 Å². The molecule has 0 aromatic heterocycles. The number of carbonyl (C=O) groups excluding carboxylic acids is 1. The maximum Gasteiger partial charge on any atom is 0.326 e. The van der Waals surface area contributed by atoms with Crippen LogP contribution in [0.5, 0.6) is 0 Å². The number of allylic oxidation sites excluding steroid dienone is 1. The van der Waals surface area contributed by atoms with Gasteiger partial charge >= 0.3 is 12.0 Å². The van der Waals surface area contributed by atoms with Gasteiger partial charge in [0.25, 0.3) is 0 Å². The van der Waals surface area contributed by atoms with Gasteiger partial charge in [-0.3, -0.25) is 0 Å². The Morgan fingerprint density at radius 2 is 2.28 bits per heavy atom. The number of rotatable bonds is 7. The van der Waals surface area contributed by atoms with E-state index in [1.54, 1.807) is 0 Å². The summed E-state index contributed by atoms with van der Waals surface area (Å²) in [6.45, 7) is 2.46. The Morgan fingerprint density at radius 1 is 1.50 bits per heavy atom. The smallest absolute Gasteiger partial charge is 0.326 e. The number of carbonyl (C=O) groups is 2. The molecule has 1 rings (SSSR count). The molecule has 2 amide bonds. The van der Waals surface area contributed by atoms with Gasteiger partial charge in [-0.25, -0.2) is 9.59 Å². The Balaban J connectivity index is 2.20. The topological polar surface area (TPSA) is 78.4 Å². The first-order valence-electron chi connectivity index (χ1n) is 6.58. The zero-order chi connectivity index (χ0) is 13.4. The van der Waals surface area contributed by atoms with Crippen LogP contribution in [0.3, 0.4) is 0 Å². The van der Waals surface area contributed by atoms with Crippen molar-refractivity contribution in [3.05, 3.63) is 11.6 Å². The van der Waals surface area contributed by atoms with Gasteiger partial charge in [0.2, 0.25) is 0 Å². The molecule has 1 aliphatic rings. The SMILES string of the molecule is CCC[C@@H](NC(=O)NCCC1=CCCC1)C(=O)O. The second-order valence-electron chi connectivity index (χ2n) is 4.58. The van der Waals surface area contributed by atoms with Crippen molar-refractivity contribution in [2.24, 2.45) is 0 Å². The molecule has 0 aliphatic heterocycles. The van der Waals surface area contributed by atoms with Crippen molar-refractivity contribution in [3.63, 3.8) is 0 Å². The quantitative estimate of drug-likeness (QED) is 0.608. The molecule has 0 fully saturated rings. The lowest BCUT2D eigenvalue weighted by atomic mass is 10.1. The van der Waals surface area contributed by atoms with Crippen LogP contribution in [0.15, 0.2) is 11.6 Å². The molecule has 0 bridgehead atoms. The maximum absolute atomic E-state index is 11.5. The van der Waals surface area contributed by atoms with E-state index in [0.717, 1.165) is 25.7 Å². The van der Waals surface area contributed by atoms with E-state index < -0.39 is 18.0 Å². The summed E-state index contributed by atoms with van der Waals surface area (Å²) in [6.07, 6.45) is 7.73. The first kappa shape index (κ1) is 14.5. The standard InChI is InChI=1S/C13H22N2O3/c1-2-5-11(12(16)17)15-13(18)14-9-8-10-6-3-4-7-10/h6,11H,2-5,7-9H2,1H3,(H,16,17)(H2,14,15,18)/t11-/m1/s1. The third kappa shape index (κ3) is 5.21. The van der Waals surface area contributed by atoms with E-state index in [1.807, 2.05) is 6.92 Å². The molecule has 0 heterocycles. The molecule has 0 spiro atoms. The van der Waals surface area contributed by atoms with Crippen LogP contribution in [0.25, 0.3) is 0 Å². The van der Waals surface area contributed by atoms with E-state index in [1.165, 1.54) is 12.0 Å². The van der Waals surface area contributed by atoms with Gasteiger partial charge in [0, 0.05) is 6.54 Å². The summed E-state index contributed by atoms with van der Waals surface area (Å²) in [5.74, 6) is -0.981. The van der Waals surface area contributed by atoms with Crippen molar-refractivity contribution in [1.29, 1.82) is 0 Å². The van der Waals surface area contributed by atoms with Crippen LogP contribution in [0.2, 0.25) is 0 Å². The summed E-state index contributed by atoms with van der Waals surface area (Å²) in [6, 6.07) is -1.19. The Hall–Kier alpha value is -1.52. The number of hydrogen-bond donors (Lipinski definition) is 3. The highest BCUT2D eigenvalue weighted by atomic mass is 16.4. The van der Waals surface area contributed by atoms with Crippen molar-refractivity contribution in [2.45, 2.75) is 51.5 Å². The number of amides is 2. The molecule has 5 heteroatoms. The maximum atomic E-state index is 11.5. The lowest BCUT2D eigenvalue weighted by molar-refractivity contribution is -0.139. The molecule has 0 saturated heterocycles. The molecular weight excluding hydrogens is 232 g/mol. The second kappa shape index (κ2) is 7.74. The van der Waals surface area contributed by atoms with Gasteiger partial charge in [-0.2, -0.15) is 0 Å². The summed E-state index contributed by atoms with van der Waals surface area (Å²) in [5, 5.41) is 14.1. The van der Waals surface area contributed by atoms with E-state index in [-0.39, 0.29) is 0 Å². The van der Waals surface area contributed by atoms with Crippen molar-refractivity contribution in [3.8, 4) is 0 Å². The monoisotopic (exact) mass is 254 g/mol. The lowest BCUT2D eigenvalue weighted by Gasteiger charge is -2.14. The third-order valence-corrected chi connectivity index (χ3v) is 3.05. The predicted octanol–water partition coefficient (Wildman–Crippen LogP) is 2.04. The van der Waals surface area contributed by atoms with Crippen LogP contribution >= 0.6 is 0 Å². The zero-order valence-corrected chi connectivity index (χ0v) is 10.9. The van der Waals surface area contributed by atoms with E-state index in [0.29, 0.717) is 13.0 Å². The van der Waals surface area contributed by atoms with Crippen LogP contribution in [0.4, 0.5) is 4.79 Å². The van der Waals surface area contributed by atoms with Gasteiger partial charge in [-0.15, -0.1) is 0 Å². The highest BCUT2D eigenvalue weighted by molar-refractivity contribution is 5.82. The fourth-order valence-electron chi connectivity index (χ4n) is 2.06. The van der Waals surface area contributed by atoms with E-state index in [4.69, 9.17) is 5.11 Å². The first-order valence-corrected chi connectivity index (χ1v) is 6.58. The summed E-state index contributed by atoms with van der Waals surface area (Å²) in [4.78, 5) is 22.4. The largest absolute Gasteiger partial charge is 0.480 e. The number of carboxylic acid groups (broad SMARTS) is 1. The number of carboxylic acids is 1. The van der Waals surface area contributed by atoms with Crippen LogP contribution in [-0.4, -0.2) is 29.7 Å². The van der Waals surface area contributed by atoms with Crippen molar-refractivity contribution < 1.29 is 14.7 Å². The molecular formula is C13H22N2O3. The highest BCUT2D eigenvalue weighted by Gasteiger charge is 2.18. The minimum atomic E-state index is -0.981. The normalized spacial score (nSPS) is 15.9. The Kier molecular flexibility index (Phi) is 6.25.